The molecule has 0 radical (unpaired) electrons. The smallest absolute Gasteiger partial charge is 0.320 e. The van der Waals surface area contributed by atoms with Crippen molar-refractivity contribution in [3.8, 4) is 0 Å². The number of nitrogens with zero attached hydrogens (tertiary/aromatic N) is 1. The van der Waals surface area contributed by atoms with Crippen molar-refractivity contribution in [3.05, 3.63) is 12.7 Å². The number of rotatable bonds is 8. The first kappa shape index (κ1) is 34.4. The van der Waals surface area contributed by atoms with Crippen LogP contribution in [0, 0.1) is 16.7 Å². The van der Waals surface area contributed by atoms with Crippen molar-refractivity contribution in [2.75, 3.05) is 19.6 Å². The molecule has 9 heteroatoms. The van der Waals surface area contributed by atoms with Crippen LogP contribution in [0.1, 0.15) is 88.5 Å². The molecular weight excluding hydrogens is 538 g/mol. The number of likely N-dealkylation sites (N-methyl/N-ethyl adjacent to an activating group) is 1. The number of esters is 1. The van der Waals surface area contributed by atoms with E-state index in [9.17, 15) is 19.8 Å². The molecule has 1 unspecified atom stereocenters. The second-order valence-electron chi connectivity index (χ2n) is 15.6. The summed E-state index contributed by atoms with van der Waals surface area (Å²) in [5, 5.41) is 25.3. The molecule has 41 heavy (non-hydrogen) atoms. The molecule has 2 aliphatic carbocycles. The largest absolute Gasteiger partial charge is 0.455 e. The lowest BCUT2D eigenvalue weighted by atomic mass is 9.40. The van der Waals surface area contributed by atoms with E-state index in [0.717, 1.165) is 6.42 Å². The van der Waals surface area contributed by atoms with E-state index in [-0.39, 0.29) is 18.0 Å². The van der Waals surface area contributed by atoms with Crippen LogP contribution in [0.25, 0.3) is 0 Å². The van der Waals surface area contributed by atoms with Gasteiger partial charge < -0.3 is 24.1 Å². The molecule has 236 valence electrons. The van der Waals surface area contributed by atoms with Gasteiger partial charge in [0.15, 0.2) is 25.8 Å². The molecule has 8 atom stereocenters. The zero-order valence-electron chi connectivity index (χ0n) is 27.7. The van der Waals surface area contributed by atoms with Gasteiger partial charge >= 0.3 is 5.97 Å². The minimum absolute atomic E-state index is 0.0276. The number of hydrogen-bond donors (Lipinski definition) is 2. The Bertz CT molecular complexity index is 1040. The first-order valence-electron chi connectivity index (χ1n) is 15.4. The zero-order chi connectivity index (χ0) is 31.6. The highest BCUT2D eigenvalue weighted by atomic mass is 28.4. The lowest BCUT2D eigenvalue weighted by Gasteiger charge is -2.72. The van der Waals surface area contributed by atoms with E-state index in [1.54, 1.807) is 19.9 Å². The standard InChI is InChI=1S/C32H57NO7Si/c1-14-29(9)19-21(34)32(37)30(10)22(39-41(12,13)27(4,5)6)17-18-28(7,8)25(30)24(36)26(31(32,11)40-29)38-23(35)20-33(15-2)16-3/h14,22,24-26,36-37H,1,15-20H2,2-13H3/t22?,24-,25-,26-,29-,30-,31+,32-/m0/s1. The summed E-state index contributed by atoms with van der Waals surface area (Å²) in [6.07, 6.45) is -0.219. The molecule has 8 nitrogen and oxygen atoms in total. The molecule has 3 fully saturated rings. The molecule has 1 heterocycles. The summed E-state index contributed by atoms with van der Waals surface area (Å²) in [4.78, 5) is 29.7. The molecule has 0 amide bonds. The lowest BCUT2D eigenvalue weighted by molar-refractivity contribution is -0.369. The van der Waals surface area contributed by atoms with Gasteiger partial charge in [0, 0.05) is 17.8 Å². The third kappa shape index (κ3) is 5.20. The van der Waals surface area contributed by atoms with Crippen LogP contribution in [0.5, 0.6) is 0 Å². The van der Waals surface area contributed by atoms with Crippen molar-refractivity contribution in [1.29, 1.82) is 0 Å². The van der Waals surface area contributed by atoms with E-state index in [4.69, 9.17) is 13.9 Å². The second kappa shape index (κ2) is 10.8. The van der Waals surface area contributed by atoms with Gasteiger partial charge in [-0.05, 0) is 63.3 Å². The molecule has 3 rings (SSSR count). The van der Waals surface area contributed by atoms with E-state index in [1.807, 2.05) is 25.7 Å². The van der Waals surface area contributed by atoms with Crippen LogP contribution in [-0.2, 0) is 23.5 Å². The molecule has 1 aliphatic heterocycles. The maximum Gasteiger partial charge on any atom is 0.320 e. The topological polar surface area (TPSA) is 106 Å². The summed E-state index contributed by atoms with van der Waals surface area (Å²) < 4.78 is 19.8. The van der Waals surface area contributed by atoms with Gasteiger partial charge in [-0.3, -0.25) is 14.5 Å². The lowest BCUT2D eigenvalue weighted by Crippen LogP contribution is -2.87. The van der Waals surface area contributed by atoms with Crippen LogP contribution < -0.4 is 0 Å². The van der Waals surface area contributed by atoms with Crippen molar-refractivity contribution in [2.45, 2.75) is 142 Å². The third-order valence-corrected chi connectivity index (χ3v) is 15.9. The molecule has 0 aromatic rings. The molecule has 0 spiro atoms. The molecular formula is C32H57NO7Si. The summed E-state index contributed by atoms with van der Waals surface area (Å²) in [7, 11) is -2.38. The van der Waals surface area contributed by atoms with Crippen molar-refractivity contribution < 1.29 is 33.7 Å². The second-order valence-corrected chi connectivity index (χ2v) is 20.3. The van der Waals surface area contributed by atoms with E-state index in [2.05, 4.69) is 54.3 Å². The van der Waals surface area contributed by atoms with E-state index in [0.29, 0.717) is 19.5 Å². The van der Waals surface area contributed by atoms with Crippen LogP contribution >= 0.6 is 0 Å². The fraction of sp³-hybridized carbons (Fsp3) is 0.875. The van der Waals surface area contributed by atoms with Crippen LogP contribution in [0.4, 0.5) is 0 Å². The quantitative estimate of drug-likeness (QED) is 0.233. The predicted octanol–water partition coefficient (Wildman–Crippen LogP) is 4.87. The molecule has 0 aromatic carbocycles. The normalized spacial score (nSPS) is 41.0. The number of carbonyl (C=O) groups is 2. The van der Waals surface area contributed by atoms with Gasteiger partial charge in [0.1, 0.15) is 5.60 Å². The van der Waals surface area contributed by atoms with Crippen LogP contribution in [-0.4, -0.2) is 89.9 Å². The van der Waals surface area contributed by atoms with E-state index < -0.39 is 71.9 Å². The Morgan fingerprint density at radius 3 is 2.22 bits per heavy atom. The molecule has 2 N–H and O–H groups in total. The van der Waals surface area contributed by atoms with Gasteiger partial charge in [-0.25, -0.2) is 0 Å². The summed E-state index contributed by atoms with van der Waals surface area (Å²) >= 11 is 0. The molecule has 0 bridgehead atoms. The molecule has 1 saturated heterocycles. The summed E-state index contributed by atoms with van der Waals surface area (Å²) in [5.41, 5.74) is -6.74. The number of aliphatic hydroxyl groups is 2. The van der Waals surface area contributed by atoms with Gasteiger partial charge in [-0.2, -0.15) is 0 Å². The number of aliphatic hydroxyl groups excluding tert-OH is 1. The summed E-state index contributed by atoms with van der Waals surface area (Å²) in [6, 6.07) is 0. The number of hydrogen-bond acceptors (Lipinski definition) is 8. The van der Waals surface area contributed by atoms with Crippen molar-refractivity contribution in [3.63, 3.8) is 0 Å². The predicted molar refractivity (Wildman–Crippen MR) is 163 cm³/mol. The van der Waals surface area contributed by atoms with Crippen LogP contribution in [0.2, 0.25) is 18.1 Å². The average molecular weight is 596 g/mol. The van der Waals surface area contributed by atoms with Gasteiger partial charge in [0.25, 0.3) is 0 Å². The monoisotopic (exact) mass is 595 g/mol. The fourth-order valence-electron chi connectivity index (χ4n) is 7.98. The zero-order valence-corrected chi connectivity index (χ0v) is 28.7. The number of Topliss-reactive ketones (excluding diaryl/α,β-unsaturated/α-hetero) is 1. The van der Waals surface area contributed by atoms with Crippen LogP contribution in [0.3, 0.4) is 0 Å². The highest BCUT2D eigenvalue weighted by Gasteiger charge is 2.81. The van der Waals surface area contributed by atoms with Gasteiger partial charge in [-0.1, -0.05) is 61.5 Å². The Morgan fingerprint density at radius 2 is 1.73 bits per heavy atom. The summed E-state index contributed by atoms with van der Waals surface area (Å²) in [5.74, 6) is -1.56. The number of ether oxygens (including phenoxy) is 2. The highest BCUT2D eigenvalue weighted by molar-refractivity contribution is 6.74. The van der Waals surface area contributed by atoms with Gasteiger partial charge in [0.2, 0.25) is 0 Å². The van der Waals surface area contributed by atoms with Crippen molar-refractivity contribution in [1.82, 2.24) is 4.90 Å². The fourth-order valence-corrected chi connectivity index (χ4v) is 9.41. The average Bonchev–Trinajstić information content (AvgIpc) is 2.84. The minimum atomic E-state index is -2.38. The first-order valence-corrected chi connectivity index (χ1v) is 18.3. The minimum Gasteiger partial charge on any atom is -0.455 e. The Kier molecular flexibility index (Phi) is 9.06. The van der Waals surface area contributed by atoms with Gasteiger partial charge in [0.05, 0.1) is 24.4 Å². The maximum absolute atomic E-state index is 14.5. The molecule has 3 aliphatic rings. The van der Waals surface area contributed by atoms with E-state index >= 15 is 0 Å². The Hall–Kier alpha value is -1.10. The van der Waals surface area contributed by atoms with Crippen LogP contribution in [0.15, 0.2) is 12.7 Å². The summed E-state index contributed by atoms with van der Waals surface area (Å²) in [6.45, 7) is 29.4. The number of fused-ring (bicyclic) bond motifs is 3. The third-order valence-electron chi connectivity index (χ3n) is 11.4. The first-order chi connectivity index (χ1) is 18.5. The van der Waals surface area contributed by atoms with Crippen molar-refractivity contribution in [2.24, 2.45) is 16.7 Å². The molecule has 2 saturated carbocycles. The Balaban J connectivity index is 2.27. The number of ketones is 1. The van der Waals surface area contributed by atoms with Gasteiger partial charge in [-0.15, -0.1) is 6.58 Å². The SMILES string of the molecule is C=C[C@@]1(C)CC(=O)[C@]2(O)[C@@]3(C)C(O[Si](C)(C)C(C)(C)C)CCC(C)(C)[C@@H]3[C@H](O)[C@H](OC(=O)CN(CC)CC)[C@@]2(C)O1. The Labute approximate surface area is 249 Å². The maximum atomic E-state index is 14.5. The van der Waals surface area contributed by atoms with Crippen molar-refractivity contribution >= 4 is 20.1 Å². The molecule has 0 aromatic heterocycles. The number of carbonyl (C=O) groups excluding carboxylic acids is 2. The van der Waals surface area contributed by atoms with E-state index in [1.165, 1.54) is 0 Å². The Morgan fingerprint density at radius 1 is 1.17 bits per heavy atom. The highest BCUT2D eigenvalue weighted by Crippen LogP contribution is 2.68.